The summed E-state index contributed by atoms with van der Waals surface area (Å²) in [5.74, 6) is 0. The number of hydrogen-bond donors (Lipinski definition) is 1. The number of rotatable bonds is 7. The van der Waals surface area contributed by atoms with E-state index < -0.39 is 5.60 Å². The van der Waals surface area contributed by atoms with Gasteiger partial charge in [0.25, 0.3) is 0 Å². The lowest BCUT2D eigenvalue weighted by Gasteiger charge is -2.24. The quantitative estimate of drug-likeness (QED) is 0.787. The molecule has 0 aliphatic rings. The lowest BCUT2D eigenvalue weighted by molar-refractivity contribution is 0.0300. The molecule has 0 aliphatic heterocycles. The topological polar surface area (TPSA) is 50.8 Å². The fraction of sp³-hybridized carbons (Fsp3) is 0.588. The second-order valence-electron chi connectivity index (χ2n) is 6.28. The Balaban J connectivity index is 2.35. The number of benzene rings is 1. The van der Waals surface area contributed by atoms with Crippen LogP contribution in [-0.2, 0) is 22.6 Å². The fourth-order valence-corrected chi connectivity index (χ4v) is 1.93. The highest BCUT2D eigenvalue weighted by atomic mass is 16.6. The van der Waals surface area contributed by atoms with Crippen LogP contribution in [0.3, 0.4) is 0 Å². The van der Waals surface area contributed by atoms with Gasteiger partial charge in [0.2, 0.25) is 0 Å². The van der Waals surface area contributed by atoms with E-state index in [1.165, 1.54) is 11.1 Å². The predicted octanol–water partition coefficient (Wildman–Crippen LogP) is 2.79. The van der Waals surface area contributed by atoms with Gasteiger partial charge < -0.3 is 19.7 Å². The molecule has 22 heavy (non-hydrogen) atoms. The van der Waals surface area contributed by atoms with Crippen molar-refractivity contribution in [3.8, 4) is 0 Å². The molecule has 0 bridgehead atoms. The number of hydrogen-bond acceptors (Lipinski definition) is 4. The van der Waals surface area contributed by atoms with E-state index in [9.17, 15) is 4.79 Å². The van der Waals surface area contributed by atoms with Crippen molar-refractivity contribution in [1.82, 2.24) is 10.2 Å². The molecule has 0 radical (unpaired) electrons. The van der Waals surface area contributed by atoms with Crippen LogP contribution in [0.4, 0.5) is 4.79 Å². The van der Waals surface area contributed by atoms with Crippen molar-refractivity contribution in [3.63, 3.8) is 0 Å². The summed E-state index contributed by atoms with van der Waals surface area (Å²) in [6.07, 6.45) is -0.297. The number of likely N-dealkylation sites (N-methyl/N-ethyl adjacent to an activating group) is 1. The Morgan fingerprint density at radius 1 is 1.23 bits per heavy atom. The zero-order chi connectivity index (χ0) is 16.6. The van der Waals surface area contributed by atoms with Crippen LogP contribution in [0.25, 0.3) is 0 Å². The normalized spacial score (nSPS) is 11.3. The molecule has 0 fully saturated rings. The Morgan fingerprint density at radius 2 is 1.86 bits per heavy atom. The molecule has 5 heteroatoms. The van der Waals surface area contributed by atoms with Gasteiger partial charge in [0.15, 0.2) is 0 Å². The third kappa shape index (κ3) is 6.91. The van der Waals surface area contributed by atoms with Gasteiger partial charge in [0, 0.05) is 33.8 Å². The maximum Gasteiger partial charge on any atom is 0.410 e. The maximum atomic E-state index is 11.8. The first-order valence-corrected chi connectivity index (χ1v) is 7.54. The molecule has 5 nitrogen and oxygen atoms in total. The highest BCUT2D eigenvalue weighted by molar-refractivity contribution is 5.67. The predicted molar refractivity (Wildman–Crippen MR) is 87.7 cm³/mol. The van der Waals surface area contributed by atoms with Gasteiger partial charge in [0.05, 0.1) is 6.61 Å². The van der Waals surface area contributed by atoms with Gasteiger partial charge in [-0.25, -0.2) is 4.79 Å². The van der Waals surface area contributed by atoms with E-state index >= 15 is 0 Å². The summed E-state index contributed by atoms with van der Waals surface area (Å²) in [6, 6.07) is 8.17. The van der Waals surface area contributed by atoms with Crippen LogP contribution >= 0.6 is 0 Å². The second-order valence-corrected chi connectivity index (χ2v) is 6.28. The average molecular weight is 308 g/mol. The molecular weight excluding hydrogens is 280 g/mol. The van der Waals surface area contributed by atoms with E-state index in [0.717, 1.165) is 6.54 Å². The van der Waals surface area contributed by atoms with Crippen molar-refractivity contribution >= 4 is 6.09 Å². The summed E-state index contributed by atoms with van der Waals surface area (Å²) in [6.45, 7) is 8.26. The zero-order valence-corrected chi connectivity index (χ0v) is 14.3. The van der Waals surface area contributed by atoms with Crippen LogP contribution in [0.1, 0.15) is 31.9 Å². The minimum Gasteiger partial charge on any atom is -0.444 e. The van der Waals surface area contributed by atoms with Gasteiger partial charge in [-0.1, -0.05) is 24.3 Å². The van der Waals surface area contributed by atoms with Gasteiger partial charge in [-0.2, -0.15) is 0 Å². The molecule has 0 saturated carbocycles. The number of amides is 1. The first kappa shape index (κ1) is 18.5. The van der Waals surface area contributed by atoms with E-state index in [1.54, 1.807) is 19.1 Å². The van der Waals surface area contributed by atoms with Crippen LogP contribution in [0.5, 0.6) is 0 Å². The molecule has 0 atom stereocenters. The van der Waals surface area contributed by atoms with E-state index in [0.29, 0.717) is 19.7 Å². The van der Waals surface area contributed by atoms with Gasteiger partial charge in [-0.05, 0) is 31.9 Å². The van der Waals surface area contributed by atoms with Crippen LogP contribution in [0.15, 0.2) is 24.3 Å². The molecular formula is C17H28N2O3. The molecule has 0 saturated heterocycles. The van der Waals surface area contributed by atoms with Crippen molar-refractivity contribution in [2.75, 3.05) is 27.2 Å². The first-order valence-electron chi connectivity index (χ1n) is 7.54. The van der Waals surface area contributed by atoms with Crippen molar-refractivity contribution in [3.05, 3.63) is 35.4 Å². The highest BCUT2D eigenvalue weighted by Crippen LogP contribution is 2.10. The lowest BCUT2D eigenvalue weighted by Crippen LogP contribution is -2.37. The molecule has 1 rings (SSSR count). The minimum absolute atomic E-state index is 0.297. The minimum atomic E-state index is -0.460. The zero-order valence-electron chi connectivity index (χ0n) is 14.3. The van der Waals surface area contributed by atoms with Crippen LogP contribution in [-0.4, -0.2) is 43.8 Å². The number of methoxy groups -OCH3 is 1. The van der Waals surface area contributed by atoms with E-state index in [2.05, 4.69) is 17.4 Å². The maximum absolute atomic E-state index is 11.8. The number of nitrogens with zero attached hydrogens (tertiary/aromatic N) is 1. The molecule has 0 spiro atoms. The summed E-state index contributed by atoms with van der Waals surface area (Å²) in [7, 11) is 3.44. The number of carbonyl (C=O) groups is 1. The number of nitrogens with one attached hydrogen (secondary N) is 1. The Morgan fingerprint density at radius 3 is 2.45 bits per heavy atom. The third-order valence-electron chi connectivity index (χ3n) is 3.06. The SMILES string of the molecule is COCc1ccccc1CNCCN(C)C(=O)OC(C)(C)C. The molecule has 1 amide bonds. The molecule has 0 heterocycles. The number of carbonyl (C=O) groups excluding carboxylic acids is 1. The van der Waals surface area contributed by atoms with Crippen molar-refractivity contribution < 1.29 is 14.3 Å². The second kappa shape index (κ2) is 8.76. The van der Waals surface area contributed by atoms with Gasteiger partial charge in [0.1, 0.15) is 5.60 Å². The molecule has 1 N–H and O–H groups in total. The van der Waals surface area contributed by atoms with Gasteiger partial charge >= 0.3 is 6.09 Å². The molecule has 0 unspecified atom stereocenters. The fourth-order valence-electron chi connectivity index (χ4n) is 1.93. The molecule has 1 aromatic carbocycles. The van der Waals surface area contributed by atoms with Crippen LogP contribution < -0.4 is 5.32 Å². The monoisotopic (exact) mass is 308 g/mol. The Labute approximate surface area is 133 Å². The molecule has 0 aliphatic carbocycles. The Hall–Kier alpha value is -1.59. The summed E-state index contributed by atoms with van der Waals surface area (Å²) < 4.78 is 10.5. The molecule has 1 aromatic rings. The summed E-state index contributed by atoms with van der Waals surface area (Å²) >= 11 is 0. The first-order chi connectivity index (χ1) is 10.3. The van der Waals surface area contributed by atoms with Crippen LogP contribution in [0, 0.1) is 0 Å². The summed E-state index contributed by atoms with van der Waals surface area (Å²) in [5.41, 5.74) is 1.93. The summed E-state index contributed by atoms with van der Waals surface area (Å²) in [5, 5.41) is 3.34. The number of ether oxygens (including phenoxy) is 2. The van der Waals surface area contributed by atoms with E-state index in [1.807, 2.05) is 32.9 Å². The molecule has 124 valence electrons. The molecule has 0 aromatic heterocycles. The standard InChI is InChI=1S/C17H28N2O3/c1-17(2,3)22-16(20)19(4)11-10-18-12-14-8-6-7-9-15(14)13-21-5/h6-9,18H,10-13H2,1-5H3. The van der Waals surface area contributed by atoms with Gasteiger partial charge in [-0.15, -0.1) is 0 Å². The van der Waals surface area contributed by atoms with Crippen molar-refractivity contribution in [1.29, 1.82) is 0 Å². The Kier molecular flexibility index (Phi) is 7.35. The smallest absolute Gasteiger partial charge is 0.410 e. The van der Waals surface area contributed by atoms with E-state index in [-0.39, 0.29) is 6.09 Å². The Bertz CT molecular complexity index is 469. The van der Waals surface area contributed by atoms with Crippen LogP contribution in [0.2, 0.25) is 0 Å². The largest absolute Gasteiger partial charge is 0.444 e. The van der Waals surface area contributed by atoms with Gasteiger partial charge in [-0.3, -0.25) is 0 Å². The third-order valence-corrected chi connectivity index (χ3v) is 3.06. The summed E-state index contributed by atoms with van der Waals surface area (Å²) in [4.78, 5) is 13.4. The highest BCUT2D eigenvalue weighted by Gasteiger charge is 2.19. The average Bonchev–Trinajstić information content (AvgIpc) is 2.43. The van der Waals surface area contributed by atoms with E-state index in [4.69, 9.17) is 9.47 Å². The lowest BCUT2D eigenvalue weighted by atomic mass is 10.1. The van der Waals surface area contributed by atoms with Crippen molar-refractivity contribution in [2.45, 2.75) is 39.5 Å². The van der Waals surface area contributed by atoms with Crippen molar-refractivity contribution in [2.24, 2.45) is 0 Å².